The number of para-hydroxylation sites is 1. The molecule has 3 heteroatoms. The molecule has 0 bridgehead atoms. The third-order valence-electron chi connectivity index (χ3n) is 4.41. The van der Waals surface area contributed by atoms with Crippen molar-refractivity contribution in [1.82, 2.24) is 5.32 Å². The second-order valence-corrected chi connectivity index (χ2v) is 6.75. The van der Waals surface area contributed by atoms with Crippen molar-refractivity contribution in [2.45, 2.75) is 45.7 Å². The molecule has 1 heterocycles. The lowest BCUT2D eigenvalue weighted by Gasteiger charge is -2.37. The van der Waals surface area contributed by atoms with E-state index < -0.39 is 0 Å². The highest BCUT2D eigenvalue weighted by molar-refractivity contribution is 5.55. The maximum Gasteiger partial charge on any atom is 0.146 e. The number of hydrogen-bond donors (Lipinski definition) is 1. The molecule has 2 nitrogen and oxygen atoms in total. The molecule has 2 atom stereocenters. The molecule has 1 saturated carbocycles. The molecule has 0 radical (unpaired) electrons. The van der Waals surface area contributed by atoms with Gasteiger partial charge in [-0.3, -0.25) is 0 Å². The molecule has 1 aliphatic heterocycles. The van der Waals surface area contributed by atoms with E-state index in [1.165, 1.54) is 19.3 Å². The number of anilines is 1. The number of nitrogens with one attached hydrogen (secondary N) is 1. The number of hydrogen-bond acceptors (Lipinski definition) is 2. The zero-order chi connectivity index (χ0) is 14.1. The molecule has 1 aromatic carbocycles. The van der Waals surface area contributed by atoms with Gasteiger partial charge in [0, 0.05) is 25.7 Å². The van der Waals surface area contributed by atoms with Gasteiger partial charge >= 0.3 is 0 Å². The van der Waals surface area contributed by atoms with Crippen molar-refractivity contribution in [3.05, 3.63) is 29.6 Å². The Morgan fingerprint density at radius 3 is 2.55 bits per heavy atom. The molecule has 2 fully saturated rings. The average Bonchev–Trinajstić information content (AvgIpc) is 3.19. The summed E-state index contributed by atoms with van der Waals surface area (Å²) in [5, 5.41) is 3.51. The first-order chi connectivity index (χ1) is 9.63. The molecule has 0 amide bonds. The predicted octanol–water partition coefficient (Wildman–Crippen LogP) is 3.56. The van der Waals surface area contributed by atoms with E-state index in [1.807, 2.05) is 6.07 Å². The largest absolute Gasteiger partial charge is 0.368 e. The Bertz CT molecular complexity index is 460. The van der Waals surface area contributed by atoms with Crippen molar-refractivity contribution in [2.24, 2.45) is 11.8 Å². The molecule has 1 saturated heterocycles. The van der Waals surface area contributed by atoms with E-state index in [2.05, 4.69) is 30.1 Å². The predicted molar refractivity (Wildman–Crippen MR) is 81.4 cm³/mol. The summed E-state index contributed by atoms with van der Waals surface area (Å²) in [6.07, 6.45) is 3.78. The van der Waals surface area contributed by atoms with Gasteiger partial charge in [-0.15, -0.1) is 0 Å². The Hall–Kier alpha value is -1.09. The van der Waals surface area contributed by atoms with Gasteiger partial charge in [-0.25, -0.2) is 4.39 Å². The van der Waals surface area contributed by atoms with E-state index >= 15 is 0 Å². The van der Waals surface area contributed by atoms with Crippen LogP contribution in [0.2, 0.25) is 0 Å². The van der Waals surface area contributed by atoms with Gasteiger partial charge < -0.3 is 10.2 Å². The standard InChI is InChI=1S/C17H25FN2/c1-12-8-13(2)11-20(10-12)17-14(4-3-5-16(17)18)9-19-15-6-7-15/h3-5,12-13,15,19H,6-11H2,1-2H3. The van der Waals surface area contributed by atoms with Gasteiger partial charge in [-0.2, -0.15) is 0 Å². The summed E-state index contributed by atoms with van der Waals surface area (Å²) >= 11 is 0. The van der Waals surface area contributed by atoms with Gasteiger partial charge in [-0.05, 0) is 42.7 Å². The van der Waals surface area contributed by atoms with E-state index in [9.17, 15) is 4.39 Å². The van der Waals surface area contributed by atoms with E-state index in [4.69, 9.17) is 0 Å². The number of nitrogens with zero attached hydrogens (tertiary/aromatic N) is 1. The van der Waals surface area contributed by atoms with Crippen molar-refractivity contribution in [1.29, 1.82) is 0 Å². The molecule has 20 heavy (non-hydrogen) atoms. The molecule has 110 valence electrons. The molecule has 1 aromatic rings. The van der Waals surface area contributed by atoms with Crippen LogP contribution in [-0.4, -0.2) is 19.1 Å². The molecule has 3 rings (SSSR count). The van der Waals surface area contributed by atoms with Crippen LogP contribution in [0.25, 0.3) is 0 Å². The van der Waals surface area contributed by atoms with Crippen LogP contribution in [0.15, 0.2) is 18.2 Å². The first kappa shape index (κ1) is 13.9. The normalized spacial score (nSPS) is 26.9. The molecule has 2 unspecified atom stereocenters. The first-order valence-corrected chi connectivity index (χ1v) is 7.89. The monoisotopic (exact) mass is 276 g/mol. The lowest BCUT2D eigenvalue weighted by atomic mass is 9.91. The van der Waals surface area contributed by atoms with Crippen LogP contribution < -0.4 is 10.2 Å². The smallest absolute Gasteiger partial charge is 0.146 e. The number of piperidine rings is 1. The van der Waals surface area contributed by atoms with Crippen molar-refractivity contribution < 1.29 is 4.39 Å². The lowest BCUT2D eigenvalue weighted by molar-refractivity contribution is 0.354. The summed E-state index contributed by atoms with van der Waals surface area (Å²) in [5.74, 6) is 1.21. The van der Waals surface area contributed by atoms with Gasteiger partial charge in [-0.1, -0.05) is 26.0 Å². The summed E-state index contributed by atoms with van der Waals surface area (Å²) in [4.78, 5) is 2.26. The molecule has 0 aromatic heterocycles. The van der Waals surface area contributed by atoms with Gasteiger partial charge in [0.15, 0.2) is 0 Å². The SMILES string of the molecule is CC1CC(C)CN(c2c(F)cccc2CNC2CC2)C1. The zero-order valence-corrected chi connectivity index (χ0v) is 12.5. The second kappa shape index (κ2) is 5.72. The van der Waals surface area contributed by atoms with Crippen LogP contribution >= 0.6 is 0 Å². The lowest BCUT2D eigenvalue weighted by Crippen LogP contribution is -2.40. The van der Waals surface area contributed by atoms with Crippen LogP contribution in [0.1, 0.15) is 38.7 Å². The van der Waals surface area contributed by atoms with Gasteiger partial charge in [0.25, 0.3) is 0 Å². The van der Waals surface area contributed by atoms with Crippen molar-refractivity contribution >= 4 is 5.69 Å². The van der Waals surface area contributed by atoms with Crippen LogP contribution in [-0.2, 0) is 6.54 Å². The molecule has 2 aliphatic rings. The van der Waals surface area contributed by atoms with Crippen molar-refractivity contribution in [2.75, 3.05) is 18.0 Å². The van der Waals surface area contributed by atoms with Crippen molar-refractivity contribution in [3.63, 3.8) is 0 Å². The fourth-order valence-electron chi connectivity index (χ4n) is 3.44. The van der Waals surface area contributed by atoms with Crippen LogP contribution in [0.4, 0.5) is 10.1 Å². The van der Waals surface area contributed by atoms with Gasteiger partial charge in [0.2, 0.25) is 0 Å². The Labute approximate surface area is 121 Å². The number of halogens is 1. The topological polar surface area (TPSA) is 15.3 Å². The minimum atomic E-state index is -0.0682. The van der Waals surface area contributed by atoms with Crippen molar-refractivity contribution in [3.8, 4) is 0 Å². The Kier molecular flexibility index (Phi) is 3.97. The minimum absolute atomic E-state index is 0.0682. The fourth-order valence-corrected chi connectivity index (χ4v) is 3.44. The summed E-state index contributed by atoms with van der Waals surface area (Å²) < 4.78 is 14.4. The number of benzene rings is 1. The van der Waals surface area contributed by atoms with E-state index in [0.29, 0.717) is 17.9 Å². The Morgan fingerprint density at radius 2 is 1.90 bits per heavy atom. The average molecular weight is 276 g/mol. The maximum absolute atomic E-state index is 14.4. The highest BCUT2D eigenvalue weighted by atomic mass is 19.1. The van der Waals surface area contributed by atoms with E-state index in [0.717, 1.165) is 30.9 Å². The van der Waals surface area contributed by atoms with Crippen LogP contribution in [0.3, 0.4) is 0 Å². The van der Waals surface area contributed by atoms with Gasteiger partial charge in [0.05, 0.1) is 5.69 Å². The third kappa shape index (κ3) is 3.14. The molecular weight excluding hydrogens is 251 g/mol. The summed E-state index contributed by atoms with van der Waals surface area (Å²) in [5.41, 5.74) is 1.94. The van der Waals surface area contributed by atoms with E-state index in [-0.39, 0.29) is 5.82 Å². The van der Waals surface area contributed by atoms with Gasteiger partial charge in [0.1, 0.15) is 5.82 Å². The molecule has 1 N–H and O–H groups in total. The number of rotatable bonds is 4. The first-order valence-electron chi connectivity index (χ1n) is 7.89. The summed E-state index contributed by atoms with van der Waals surface area (Å²) in [6, 6.07) is 6.15. The van der Waals surface area contributed by atoms with Crippen LogP contribution in [0.5, 0.6) is 0 Å². The fraction of sp³-hybridized carbons (Fsp3) is 0.647. The highest BCUT2D eigenvalue weighted by Crippen LogP contribution is 2.31. The van der Waals surface area contributed by atoms with E-state index in [1.54, 1.807) is 6.07 Å². The maximum atomic E-state index is 14.4. The molecule has 1 aliphatic carbocycles. The van der Waals surface area contributed by atoms with Crippen LogP contribution in [0, 0.1) is 17.7 Å². The Balaban J connectivity index is 1.81. The summed E-state index contributed by atoms with van der Waals surface area (Å²) in [6.45, 7) is 7.28. The summed E-state index contributed by atoms with van der Waals surface area (Å²) in [7, 11) is 0. The molecule has 0 spiro atoms. The third-order valence-corrected chi connectivity index (χ3v) is 4.41. The second-order valence-electron chi connectivity index (χ2n) is 6.75. The zero-order valence-electron chi connectivity index (χ0n) is 12.5. The minimum Gasteiger partial charge on any atom is -0.368 e. The highest BCUT2D eigenvalue weighted by Gasteiger charge is 2.26. The quantitative estimate of drug-likeness (QED) is 0.904. The Morgan fingerprint density at radius 1 is 1.20 bits per heavy atom. The molecular formula is C17H25FN2.